The molecule has 2 aliphatic rings. The number of carbonyl (C=O) groups excluding carboxylic acids is 1. The van der Waals surface area contributed by atoms with E-state index in [-0.39, 0.29) is 11.7 Å². The monoisotopic (exact) mass is 337 g/mol. The van der Waals surface area contributed by atoms with Crippen LogP contribution in [0.1, 0.15) is 54.0 Å². The summed E-state index contributed by atoms with van der Waals surface area (Å²) in [5.74, 6) is 0.248. The molecule has 130 valence electrons. The third kappa shape index (κ3) is 3.06. The standard InChI is InChI=1S/C20H23N3O2/c1-14-5-2-8-17-12-19(21-23(14)17)20(25)22-10-4-7-16(13-22)15-6-3-9-18(24)11-15/h3,6-7,9,11-12,14,24H,2,4-5,8,10,13H2,1H3. The van der Waals surface area contributed by atoms with Crippen molar-refractivity contribution in [2.24, 2.45) is 0 Å². The van der Waals surface area contributed by atoms with Gasteiger partial charge in [-0.15, -0.1) is 0 Å². The highest BCUT2D eigenvalue weighted by molar-refractivity contribution is 5.93. The number of rotatable bonds is 2. The summed E-state index contributed by atoms with van der Waals surface area (Å²) in [7, 11) is 0. The van der Waals surface area contributed by atoms with E-state index in [1.807, 2.05) is 27.8 Å². The van der Waals surface area contributed by atoms with Crippen LogP contribution < -0.4 is 0 Å². The molecule has 0 saturated heterocycles. The Morgan fingerprint density at radius 3 is 3.00 bits per heavy atom. The smallest absolute Gasteiger partial charge is 0.274 e. The van der Waals surface area contributed by atoms with E-state index >= 15 is 0 Å². The minimum absolute atomic E-state index is 0.000136. The molecule has 0 radical (unpaired) electrons. The molecule has 1 aromatic carbocycles. The van der Waals surface area contributed by atoms with Crippen molar-refractivity contribution in [3.63, 3.8) is 0 Å². The van der Waals surface area contributed by atoms with Gasteiger partial charge in [0.25, 0.3) is 5.91 Å². The van der Waals surface area contributed by atoms with E-state index in [4.69, 9.17) is 0 Å². The Hall–Kier alpha value is -2.56. The van der Waals surface area contributed by atoms with Crippen LogP contribution in [0.15, 0.2) is 36.4 Å². The van der Waals surface area contributed by atoms with E-state index in [2.05, 4.69) is 18.1 Å². The third-order valence-corrected chi connectivity index (χ3v) is 5.16. The van der Waals surface area contributed by atoms with E-state index in [0.29, 0.717) is 24.8 Å². The van der Waals surface area contributed by atoms with Crippen LogP contribution >= 0.6 is 0 Å². The minimum Gasteiger partial charge on any atom is -0.508 e. The zero-order valence-electron chi connectivity index (χ0n) is 14.5. The summed E-state index contributed by atoms with van der Waals surface area (Å²) < 4.78 is 2.02. The Balaban J connectivity index is 1.54. The average Bonchev–Trinajstić information content (AvgIpc) is 3.07. The van der Waals surface area contributed by atoms with Gasteiger partial charge in [-0.1, -0.05) is 18.2 Å². The first kappa shape index (κ1) is 15.9. The number of phenolic OH excluding ortho intramolecular Hbond substituents is 1. The number of amides is 1. The molecule has 0 fully saturated rings. The van der Waals surface area contributed by atoms with Crippen LogP contribution in [0.5, 0.6) is 5.75 Å². The largest absolute Gasteiger partial charge is 0.508 e. The maximum Gasteiger partial charge on any atom is 0.274 e. The molecule has 0 bridgehead atoms. The molecule has 5 heteroatoms. The number of benzene rings is 1. The van der Waals surface area contributed by atoms with Gasteiger partial charge in [-0.3, -0.25) is 9.48 Å². The van der Waals surface area contributed by atoms with E-state index < -0.39 is 0 Å². The first-order valence-electron chi connectivity index (χ1n) is 8.98. The average molecular weight is 337 g/mol. The lowest BCUT2D eigenvalue weighted by atomic mass is 10.0. The topological polar surface area (TPSA) is 58.4 Å². The van der Waals surface area contributed by atoms with E-state index in [9.17, 15) is 9.90 Å². The number of hydrogen-bond acceptors (Lipinski definition) is 3. The van der Waals surface area contributed by atoms with Crippen LogP contribution in [0.25, 0.3) is 5.57 Å². The lowest BCUT2D eigenvalue weighted by Crippen LogP contribution is -2.35. The van der Waals surface area contributed by atoms with E-state index in [0.717, 1.165) is 36.8 Å². The summed E-state index contributed by atoms with van der Waals surface area (Å²) >= 11 is 0. The van der Waals surface area contributed by atoms with Gasteiger partial charge in [0.15, 0.2) is 5.69 Å². The Kier molecular flexibility index (Phi) is 4.07. The number of hydrogen-bond donors (Lipinski definition) is 1. The van der Waals surface area contributed by atoms with Gasteiger partial charge in [0.2, 0.25) is 0 Å². The molecular formula is C20H23N3O2. The summed E-state index contributed by atoms with van der Waals surface area (Å²) in [6, 6.07) is 9.54. The van der Waals surface area contributed by atoms with Crippen molar-refractivity contribution in [1.82, 2.24) is 14.7 Å². The highest BCUT2D eigenvalue weighted by atomic mass is 16.3. The summed E-state index contributed by atoms with van der Waals surface area (Å²) in [5, 5.41) is 14.3. The van der Waals surface area contributed by atoms with Crippen molar-refractivity contribution in [2.45, 2.75) is 38.6 Å². The fraction of sp³-hybridized carbons (Fsp3) is 0.400. The normalized spacial score (nSPS) is 20.1. The number of phenols is 1. The fourth-order valence-corrected chi connectivity index (χ4v) is 3.80. The van der Waals surface area contributed by atoms with Crippen LogP contribution in [-0.2, 0) is 6.42 Å². The van der Waals surface area contributed by atoms with Crippen molar-refractivity contribution in [1.29, 1.82) is 0 Å². The predicted octanol–water partition coefficient (Wildman–Crippen LogP) is 3.42. The highest BCUT2D eigenvalue weighted by Crippen LogP contribution is 2.27. The van der Waals surface area contributed by atoms with Gasteiger partial charge in [-0.2, -0.15) is 5.10 Å². The first-order valence-corrected chi connectivity index (χ1v) is 8.98. The number of fused-ring (bicyclic) bond motifs is 1. The van der Waals surface area contributed by atoms with Crippen molar-refractivity contribution in [3.05, 3.63) is 53.4 Å². The fourth-order valence-electron chi connectivity index (χ4n) is 3.80. The lowest BCUT2D eigenvalue weighted by molar-refractivity contribution is 0.0767. The van der Waals surface area contributed by atoms with E-state index in [1.165, 1.54) is 5.69 Å². The number of aromatic hydroxyl groups is 1. The molecule has 5 nitrogen and oxygen atoms in total. The highest BCUT2D eigenvalue weighted by Gasteiger charge is 2.26. The van der Waals surface area contributed by atoms with Crippen molar-refractivity contribution in [2.75, 3.05) is 13.1 Å². The molecule has 3 heterocycles. The van der Waals surface area contributed by atoms with E-state index in [1.54, 1.807) is 12.1 Å². The van der Waals surface area contributed by atoms with Gasteiger partial charge in [0.1, 0.15) is 5.75 Å². The van der Waals surface area contributed by atoms with Gasteiger partial charge < -0.3 is 10.0 Å². The van der Waals surface area contributed by atoms with Gasteiger partial charge in [0, 0.05) is 24.8 Å². The molecule has 0 saturated carbocycles. The molecule has 2 aromatic rings. The van der Waals surface area contributed by atoms with Crippen LogP contribution in [0, 0.1) is 0 Å². The molecule has 1 atom stereocenters. The first-order chi connectivity index (χ1) is 12.1. The second-order valence-electron chi connectivity index (χ2n) is 7.00. The van der Waals surface area contributed by atoms with Gasteiger partial charge in [-0.05, 0) is 61.9 Å². The second kappa shape index (κ2) is 6.39. The maximum absolute atomic E-state index is 12.9. The number of nitrogens with zero attached hydrogens (tertiary/aromatic N) is 3. The third-order valence-electron chi connectivity index (χ3n) is 5.16. The molecule has 1 unspecified atom stereocenters. The van der Waals surface area contributed by atoms with Crippen molar-refractivity contribution in [3.8, 4) is 5.75 Å². The van der Waals surface area contributed by atoms with Gasteiger partial charge >= 0.3 is 0 Å². The lowest BCUT2D eigenvalue weighted by Gasteiger charge is -2.27. The zero-order chi connectivity index (χ0) is 17.4. The van der Waals surface area contributed by atoms with Gasteiger partial charge in [-0.25, -0.2) is 0 Å². The Morgan fingerprint density at radius 1 is 1.32 bits per heavy atom. The van der Waals surface area contributed by atoms with Crippen LogP contribution in [0.2, 0.25) is 0 Å². The van der Waals surface area contributed by atoms with Crippen LogP contribution in [0.4, 0.5) is 0 Å². The molecule has 0 aliphatic carbocycles. The summed E-state index contributed by atoms with van der Waals surface area (Å²) in [5.41, 5.74) is 3.77. The minimum atomic E-state index is -0.000136. The second-order valence-corrected chi connectivity index (χ2v) is 7.00. The Labute approximate surface area is 147 Å². The molecule has 1 amide bonds. The quantitative estimate of drug-likeness (QED) is 0.913. The Morgan fingerprint density at radius 2 is 2.20 bits per heavy atom. The SMILES string of the molecule is CC1CCCc2cc(C(=O)N3CCC=C(c4cccc(O)c4)C3)nn21. The summed E-state index contributed by atoms with van der Waals surface area (Å²) in [4.78, 5) is 14.8. The number of aryl methyl sites for hydroxylation is 1. The van der Waals surface area contributed by atoms with Crippen molar-refractivity contribution < 1.29 is 9.90 Å². The van der Waals surface area contributed by atoms with Crippen LogP contribution in [0.3, 0.4) is 0 Å². The zero-order valence-corrected chi connectivity index (χ0v) is 14.5. The number of aromatic nitrogens is 2. The van der Waals surface area contributed by atoms with Crippen LogP contribution in [-0.4, -0.2) is 38.8 Å². The molecule has 0 spiro atoms. The molecule has 4 rings (SSSR count). The maximum atomic E-state index is 12.9. The molecule has 1 aromatic heterocycles. The molecule has 2 aliphatic heterocycles. The molecular weight excluding hydrogens is 314 g/mol. The predicted molar refractivity (Wildman–Crippen MR) is 96.5 cm³/mol. The van der Waals surface area contributed by atoms with Crippen molar-refractivity contribution >= 4 is 11.5 Å². The summed E-state index contributed by atoms with van der Waals surface area (Å²) in [6.45, 7) is 3.42. The molecule has 25 heavy (non-hydrogen) atoms. The number of carbonyl (C=O) groups is 1. The van der Waals surface area contributed by atoms with Gasteiger partial charge in [0.05, 0.1) is 0 Å². The summed E-state index contributed by atoms with van der Waals surface area (Å²) in [6.07, 6.45) is 6.25. The molecule has 1 N–H and O–H groups in total. The Bertz CT molecular complexity index is 837.